The molecule has 0 aromatic carbocycles. The highest BCUT2D eigenvalue weighted by Gasteiger charge is 2.31. The van der Waals surface area contributed by atoms with E-state index >= 15 is 0 Å². The zero-order valence-electron chi connectivity index (χ0n) is 12.5. The van der Waals surface area contributed by atoms with Crippen molar-refractivity contribution >= 4 is 5.91 Å². The van der Waals surface area contributed by atoms with E-state index in [1.165, 1.54) is 12.8 Å². The molecule has 0 aromatic heterocycles. The molecule has 2 fully saturated rings. The van der Waals surface area contributed by atoms with E-state index in [0.717, 1.165) is 38.9 Å². The highest BCUT2D eigenvalue weighted by molar-refractivity contribution is 5.82. The van der Waals surface area contributed by atoms with Crippen LogP contribution in [0.1, 0.15) is 39.0 Å². The molecule has 2 heterocycles. The normalized spacial score (nSPS) is 28.6. The first-order chi connectivity index (χ1) is 9.74. The summed E-state index contributed by atoms with van der Waals surface area (Å²) in [6.45, 7) is 5.21. The standard InChI is InChI=1S/C15H28N2O3/c1-2-12-3-6-16-14(11-12)15(19)17-7-4-13(5-8-17)20-10-9-18/h12-14,16,18H,2-11H2,1H3. The smallest absolute Gasteiger partial charge is 0.239 e. The Morgan fingerprint density at radius 3 is 2.75 bits per heavy atom. The summed E-state index contributed by atoms with van der Waals surface area (Å²) in [7, 11) is 0. The molecule has 2 N–H and O–H groups in total. The highest BCUT2D eigenvalue weighted by Crippen LogP contribution is 2.22. The summed E-state index contributed by atoms with van der Waals surface area (Å²) >= 11 is 0. The second-order valence-corrected chi connectivity index (χ2v) is 5.92. The molecule has 0 aliphatic carbocycles. The highest BCUT2D eigenvalue weighted by atomic mass is 16.5. The number of likely N-dealkylation sites (tertiary alicyclic amines) is 1. The molecule has 0 spiro atoms. The fourth-order valence-corrected chi connectivity index (χ4v) is 3.24. The average molecular weight is 284 g/mol. The molecule has 0 saturated carbocycles. The van der Waals surface area contributed by atoms with E-state index in [2.05, 4.69) is 12.2 Å². The van der Waals surface area contributed by atoms with Crippen LogP contribution in [0.3, 0.4) is 0 Å². The largest absolute Gasteiger partial charge is 0.394 e. The van der Waals surface area contributed by atoms with Crippen LogP contribution in [0.4, 0.5) is 0 Å². The number of piperidine rings is 2. The van der Waals surface area contributed by atoms with Crippen LogP contribution in [0.15, 0.2) is 0 Å². The van der Waals surface area contributed by atoms with Gasteiger partial charge in [0.25, 0.3) is 0 Å². The molecule has 2 saturated heterocycles. The topological polar surface area (TPSA) is 61.8 Å². The van der Waals surface area contributed by atoms with Gasteiger partial charge in [0.1, 0.15) is 0 Å². The van der Waals surface area contributed by atoms with E-state index in [9.17, 15) is 4.79 Å². The second-order valence-electron chi connectivity index (χ2n) is 5.92. The summed E-state index contributed by atoms with van der Waals surface area (Å²) in [5.74, 6) is 0.958. The van der Waals surface area contributed by atoms with Gasteiger partial charge in [-0.15, -0.1) is 0 Å². The Labute approximate surface area is 121 Å². The monoisotopic (exact) mass is 284 g/mol. The Hall–Kier alpha value is -0.650. The van der Waals surface area contributed by atoms with Crippen molar-refractivity contribution in [1.82, 2.24) is 10.2 Å². The van der Waals surface area contributed by atoms with Crippen LogP contribution in [0.25, 0.3) is 0 Å². The summed E-state index contributed by atoms with van der Waals surface area (Å²) < 4.78 is 5.54. The van der Waals surface area contributed by atoms with Gasteiger partial charge in [-0.2, -0.15) is 0 Å². The van der Waals surface area contributed by atoms with Gasteiger partial charge < -0.3 is 20.1 Å². The van der Waals surface area contributed by atoms with Crippen LogP contribution in [-0.4, -0.2) is 60.9 Å². The lowest BCUT2D eigenvalue weighted by molar-refractivity contribution is -0.137. The predicted octanol–water partition coefficient (Wildman–Crippen LogP) is 0.765. The quantitative estimate of drug-likeness (QED) is 0.782. The second kappa shape index (κ2) is 7.96. The number of aliphatic hydroxyl groups excluding tert-OH is 1. The number of aliphatic hydroxyl groups is 1. The lowest BCUT2D eigenvalue weighted by Gasteiger charge is -2.36. The minimum atomic E-state index is 0.0172. The predicted molar refractivity (Wildman–Crippen MR) is 77.4 cm³/mol. The number of rotatable bonds is 5. The Kier molecular flexibility index (Phi) is 6.26. The Bertz CT molecular complexity index is 303. The Balaban J connectivity index is 1.76. The number of hydrogen-bond donors (Lipinski definition) is 2. The zero-order chi connectivity index (χ0) is 14.4. The lowest BCUT2D eigenvalue weighted by Crippen LogP contribution is -2.52. The number of ether oxygens (including phenoxy) is 1. The molecule has 20 heavy (non-hydrogen) atoms. The van der Waals surface area contributed by atoms with Gasteiger partial charge in [0.15, 0.2) is 0 Å². The molecule has 0 radical (unpaired) electrons. The minimum Gasteiger partial charge on any atom is -0.394 e. The van der Waals surface area contributed by atoms with Crippen molar-refractivity contribution in [3.05, 3.63) is 0 Å². The Morgan fingerprint density at radius 1 is 1.35 bits per heavy atom. The van der Waals surface area contributed by atoms with Gasteiger partial charge in [0, 0.05) is 13.1 Å². The van der Waals surface area contributed by atoms with Crippen LogP contribution < -0.4 is 5.32 Å². The first kappa shape index (κ1) is 15.7. The molecule has 116 valence electrons. The number of carbonyl (C=O) groups is 1. The van der Waals surface area contributed by atoms with E-state index in [0.29, 0.717) is 12.5 Å². The first-order valence-corrected chi connectivity index (χ1v) is 7.99. The van der Waals surface area contributed by atoms with Gasteiger partial charge in [-0.05, 0) is 38.1 Å². The molecule has 2 rings (SSSR count). The van der Waals surface area contributed by atoms with Gasteiger partial charge in [-0.1, -0.05) is 13.3 Å². The zero-order valence-corrected chi connectivity index (χ0v) is 12.5. The van der Waals surface area contributed by atoms with Crippen molar-refractivity contribution in [3.63, 3.8) is 0 Å². The number of amides is 1. The van der Waals surface area contributed by atoms with Gasteiger partial charge in [-0.25, -0.2) is 0 Å². The summed E-state index contributed by atoms with van der Waals surface area (Å²) in [5, 5.41) is 12.1. The summed E-state index contributed by atoms with van der Waals surface area (Å²) in [6, 6.07) is 0.0172. The van der Waals surface area contributed by atoms with Crippen LogP contribution in [0, 0.1) is 5.92 Å². The molecule has 5 nitrogen and oxygen atoms in total. The van der Waals surface area contributed by atoms with Crippen molar-refractivity contribution in [3.8, 4) is 0 Å². The van der Waals surface area contributed by atoms with Gasteiger partial charge in [0.2, 0.25) is 5.91 Å². The minimum absolute atomic E-state index is 0.0172. The van der Waals surface area contributed by atoms with Crippen molar-refractivity contribution in [2.24, 2.45) is 5.92 Å². The molecule has 2 atom stereocenters. The fraction of sp³-hybridized carbons (Fsp3) is 0.933. The fourth-order valence-electron chi connectivity index (χ4n) is 3.24. The molecular weight excluding hydrogens is 256 g/mol. The number of nitrogens with one attached hydrogen (secondary N) is 1. The SMILES string of the molecule is CCC1CCNC(C(=O)N2CCC(OCCO)CC2)C1. The van der Waals surface area contributed by atoms with Crippen LogP contribution >= 0.6 is 0 Å². The van der Waals surface area contributed by atoms with Gasteiger partial charge in [0.05, 0.1) is 25.4 Å². The first-order valence-electron chi connectivity index (χ1n) is 7.99. The van der Waals surface area contributed by atoms with E-state index in [-0.39, 0.29) is 24.7 Å². The molecule has 5 heteroatoms. The lowest BCUT2D eigenvalue weighted by atomic mass is 9.89. The Morgan fingerprint density at radius 2 is 2.10 bits per heavy atom. The van der Waals surface area contributed by atoms with Crippen molar-refractivity contribution in [1.29, 1.82) is 0 Å². The van der Waals surface area contributed by atoms with E-state index in [1.54, 1.807) is 0 Å². The number of hydrogen-bond acceptors (Lipinski definition) is 4. The third kappa shape index (κ3) is 4.17. The molecule has 2 aliphatic heterocycles. The molecule has 2 aliphatic rings. The number of nitrogens with zero attached hydrogens (tertiary/aromatic N) is 1. The van der Waals surface area contributed by atoms with Crippen molar-refractivity contribution in [2.75, 3.05) is 32.8 Å². The maximum atomic E-state index is 12.5. The third-order valence-electron chi connectivity index (χ3n) is 4.59. The van der Waals surface area contributed by atoms with E-state index < -0.39 is 0 Å². The average Bonchev–Trinajstić information content (AvgIpc) is 2.52. The molecule has 0 bridgehead atoms. The third-order valence-corrected chi connectivity index (χ3v) is 4.59. The molecule has 2 unspecified atom stereocenters. The number of carbonyl (C=O) groups excluding carboxylic acids is 1. The van der Waals surface area contributed by atoms with E-state index in [4.69, 9.17) is 9.84 Å². The van der Waals surface area contributed by atoms with E-state index in [1.807, 2.05) is 4.90 Å². The summed E-state index contributed by atoms with van der Waals surface area (Å²) in [6.07, 6.45) is 5.32. The molecule has 0 aromatic rings. The van der Waals surface area contributed by atoms with Crippen molar-refractivity contribution in [2.45, 2.75) is 51.2 Å². The van der Waals surface area contributed by atoms with Gasteiger partial charge >= 0.3 is 0 Å². The van der Waals surface area contributed by atoms with Crippen LogP contribution in [0.5, 0.6) is 0 Å². The van der Waals surface area contributed by atoms with Crippen molar-refractivity contribution < 1.29 is 14.6 Å². The maximum absolute atomic E-state index is 12.5. The van der Waals surface area contributed by atoms with Crippen LogP contribution in [-0.2, 0) is 9.53 Å². The molecular formula is C15H28N2O3. The summed E-state index contributed by atoms with van der Waals surface area (Å²) in [4.78, 5) is 14.5. The van der Waals surface area contributed by atoms with Crippen LogP contribution in [0.2, 0.25) is 0 Å². The molecule has 1 amide bonds. The summed E-state index contributed by atoms with van der Waals surface area (Å²) in [5.41, 5.74) is 0. The maximum Gasteiger partial charge on any atom is 0.239 e. The van der Waals surface area contributed by atoms with Gasteiger partial charge in [-0.3, -0.25) is 4.79 Å².